The Hall–Kier alpha value is -2.54. The second kappa shape index (κ2) is 7.57. The zero-order valence-electron chi connectivity index (χ0n) is 14.6. The Kier molecular flexibility index (Phi) is 5.69. The number of aryl methyl sites for hydroxylation is 1. The van der Waals surface area contributed by atoms with Crippen LogP contribution in [0.3, 0.4) is 0 Å². The number of rotatable bonds is 6. The van der Waals surface area contributed by atoms with E-state index in [1.807, 2.05) is 13.8 Å². The van der Waals surface area contributed by atoms with Crippen LogP contribution in [0.4, 0.5) is 5.69 Å². The van der Waals surface area contributed by atoms with Gasteiger partial charge in [0, 0.05) is 0 Å². The number of sulfonamides is 1. The highest BCUT2D eigenvalue weighted by molar-refractivity contribution is 7.92. The van der Waals surface area contributed by atoms with Gasteiger partial charge in [-0.25, -0.2) is 13.2 Å². The van der Waals surface area contributed by atoms with Crippen LogP contribution in [0, 0.1) is 6.92 Å². The molecule has 0 heterocycles. The van der Waals surface area contributed by atoms with Crippen molar-refractivity contribution in [2.75, 3.05) is 11.8 Å². The number of benzene rings is 2. The molecule has 0 aliphatic rings. The van der Waals surface area contributed by atoms with Crippen molar-refractivity contribution in [2.45, 2.75) is 31.8 Å². The summed E-state index contributed by atoms with van der Waals surface area (Å²) in [7, 11) is -2.64. The monoisotopic (exact) mass is 363 g/mol. The minimum atomic E-state index is -3.89. The van der Waals surface area contributed by atoms with Crippen LogP contribution in [-0.4, -0.2) is 27.6 Å². The van der Waals surface area contributed by atoms with E-state index in [-0.39, 0.29) is 16.6 Å². The first-order chi connectivity index (χ1) is 11.7. The lowest BCUT2D eigenvalue weighted by molar-refractivity contribution is 0.0599. The van der Waals surface area contributed by atoms with Crippen molar-refractivity contribution in [1.82, 2.24) is 0 Å². The number of anilines is 1. The van der Waals surface area contributed by atoms with Gasteiger partial charge in [-0.2, -0.15) is 0 Å². The molecule has 0 saturated carbocycles. The minimum absolute atomic E-state index is 0.0298. The van der Waals surface area contributed by atoms with E-state index in [2.05, 4.69) is 4.72 Å². The van der Waals surface area contributed by atoms with Crippen molar-refractivity contribution in [3.8, 4) is 5.75 Å². The van der Waals surface area contributed by atoms with Crippen molar-refractivity contribution in [1.29, 1.82) is 0 Å². The highest BCUT2D eigenvalue weighted by Crippen LogP contribution is 2.28. The van der Waals surface area contributed by atoms with E-state index in [0.29, 0.717) is 17.0 Å². The first kappa shape index (κ1) is 18.8. The van der Waals surface area contributed by atoms with Gasteiger partial charge in [0.2, 0.25) is 0 Å². The van der Waals surface area contributed by atoms with Gasteiger partial charge < -0.3 is 9.47 Å². The second-order valence-corrected chi connectivity index (χ2v) is 7.42. The topological polar surface area (TPSA) is 81.7 Å². The molecule has 0 aromatic heterocycles. The lowest BCUT2D eigenvalue weighted by Crippen LogP contribution is -2.16. The largest absolute Gasteiger partial charge is 0.489 e. The highest BCUT2D eigenvalue weighted by Gasteiger charge is 2.20. The SMILES string of the molecule is COC(=O)c1cc(S(=O)(=O)Nc2ccccc2OC(C)C)ccc1C. The Morgan fingerprint density at radius 1 is 1.12 bits per heavy atom. The van der Waals surface area contributed by atoms with E-state index in [0.717, 1.165) is 0 Å². The van der Waals surface area contributed by atoms with Crippen LogP contribution in [-0.2, 0) is 14.8 Å². The van der Waals surface area contributed by atoms with Gasteiger partial charge in [0.05, 0.1) is 29.4 Å². The quantitative estimate of drug-likeness (QED) is 0.796. The third-order valence-corrected chi connectivity index (χ3v) is 4.78. The van der Waals surface area contributed by atoms with Gasteiger partial charge >= 0.3 is 5.97 Å². The molecule has 0 saturated heterocycles. The Morgan fingerprint density at radius 2 is 1.80 bits per heavy atom. The fourth-order valence-electron chi connectivity index (χ4n) is 2.21. The Labute approximate surface area is 147 Å². The van der Waals surface area contributed by atoms with E-state index in [9.17, 15) is 13.2 Å². The van der Waals surface area contributed by atoms with Crippen LogP contribution >= 0.6 is 0 Å². The molecule has 0 unspecified atom stereocenters. The summed E-state index contributed by atoms with van der Waals surface area (Å²) in [4.78, 5) is 11.8. The maximum Gasteiger partial charge on any atom is 0.338 e. The molecule has 2 rings (SSSR count). The minimum Gasteiger partial charge on any atom is -0.489 e. The summed E-state index contributed by atoms with van der Waals surface area (Å²) in [5.74, 6) is -0.153. The summed E-state index contributed by atoms with van der Waals surface area (Å²) in [5, 5.41) is 0. The van der Waals surface area contributed by atoms with E-state index in [1.165, 1.54) is 19.2 Å². The summed E-state index contributed by atoms with van der Waals surface area (Å²) < 4.78 is 38.2. The van der Waals surface area contributed by atoms with E-state index in [4.69, 9.17) is 9.47 Å². The first-order valence-corrected chi connectivity index (χ1v) is 9.20. The third-order valence-electron chi connectivity index (χ3n) is 3.42. The number of esters is 1. The number of ether oxygens (including phenoxy) is 2. The third kappa shape index (κ3) is 4.51. The lowest BCUT2D eigenvalue weighted by Gasteiger charge is -2.16. The molecule has 0 aliphatic heterocycles. The average Bonchev–Trinajstić information content (AvgIpc) is 2.55. The second-order valence-electron chi connectivity index (χ2n) is 5.74. The number of carbonyl (C=O) groups excluding carboxylic acids is 1. The lowest BCUT2D eigenvalue weighted by atomic mass is 10.1. The maximum absolute atomic E-state index is 12.7. The van der Waals surface area contributed by atoms with E-state index < -0.39 is 16.0 Å². The van der Waals surface area contributed by atoms with E-state index >= 15 is 0 Å². The normalized spacial score (nSPS) is 11.2. The van der Waals surface area contributed by atoms with Gasteiger partial charge in [-0.1, -0.05) is 18.2 Å². The summed E-state index contributed by atoms with van der Waals surface area (Å²) in [6.45, 7) is 5.42. The molecular formula is C18H21NO5S. The molecule has 0 spiro atoms. The molecule has 0 fully saturated rings. The molecule has 134 valence electrons. The van der Waals surface area contributed by atoms with Crippen LogP contribution in [0.25, 0.3) is 0 Å². The molecule has 0 aliphatic carbocycles. The number of nitrogens with one attached hydrogen (secondary N) is 1. The Balaban J connectivity index is 2.39. The van der Waals surface area contributed by atoms with Crippen molar-refractivity contribution >= 4 is 21.7 Å². The van der Waals surface area contributed by atoms with Crippen LogP contribution in [0.5, 0.6) is 5.75 Å². The summed E-state index contributed by atoms with van der Waals surface area (Å²) in [6.07, 6.45) is -0.101. The number of methoxy groups -OCH3 is 1. The molecule has 2 aromatic carbocycles. The Morgan fingerprint density at radius 3 is 2.44 bits per heavy atom. The predicted octanol–water partition coefficient (Wildman–Crippen LogP) is 3.37. The Bertz CT molecular complexity index is 875. The number of para-hydroxylation sites is 2. The molecule has 25 heavy (non-hydrogen) atoms. The zero-order chi connectivity index (χ0) is 18.6. The van der Waals surface area contributed by atoms with Gasteiger partial charge in [0.15, 0.2) is 0 Å². The first-order valence-electron chi connectivity index (χ1n) is 7.72. The van der Waals surface area contributed by atoms with E-state index in [1.54, 1.807) is 37.3 Å². The van der Waals surface area contributed by atoms with Crippen LogP contribution in [0.15, 0.2) is 47.4 Å². The van der Waals surface area contributed by atoms with Gasteiger partial charge in [0.1, 0.15) is 5.75 Å². The number of carbonyl (C=O) groups is 1. The zero-order valence-corrected chi connectivity index (χ0v) is 15.4. The van der Waals surface area contributed by atoms with Gasteiger partial charge in [-0.3, -0.25) is 4.72 Å². The molecule has 0 atom stereocenters. The molecular weight excluding hydrogens is 342 g/mol. The fraction of sp³-hybridized carbons (Fsp3) is 0.278. The standard InChI is InChI=1S/C18H21NO5S/c1-12(2)24-17-8-6-5-7-16(17)19-25(21,22)14-10-9-13(3)15(11-14)18(20)23-4/h5-12,19H,1-4H3. The molecule has 6 nitrogen and oxygen atoms in total. The molecule has 1 N–H and O–H groups in total. The number of hydrogen-bond acceptors (Lipinski definition) is 5. The molecule has 7 heteroatoms. The smallest absolute Gasteiger partial charge is 0.338 e. The summed E-state index contributed by atoms with van der Waals surface area (Å²) >= 11 is 0. The summed E-state index contributed by atoms with van der Waals surface area (Å²) in [5.41, 5.74) is 1.17. The van der Waals surface area contributed by atoms with Crippen molar-refractivity contribution in [2.24, 2.45) is 0 Å². The highest BCUT2D eigenvalue weighted by atomic mass is 32.2. The fourth-order valence-corrected chi connectivity index (χ4v) is 3.31. The van der Waals surface area contributed by atoms with Gasteiger partial charge in [-0.05, 0) is 50.6 Å². The summed E-state index contributed by atoms with van der Waals surface area (Å²) in [6, 6.07) is 11.1. The van der Waals surface area contributed by atoms with Crippen molar-refractivity contribution < 1.29 is 22.7 Å². The van der Waals surface area contributed by atoms with Gasteiger partial charge in [-0.15, -0.1) is 0 Å². The van der Waals surface area contributed by atoms with Gasteiger partial charge in [0.25, 0.3) is 10.0 Å². The molecule has 0 bridgehead atoms. The van der Waals surface area contributed by atoms with Crippen LogP contribution in [0.1, 0.15) is 29.8 Å². The number of hydrogen-bond donors (Lipinski definition) is 1. The molecule has 0 amide bonds. The molecule has 2 aromatic rings. The maximum atomic E-state index is 12.7. The van der Waals surface area contributed by atoms with Crippen molar-refractivity contribution in [3.63, 3.8) is 0 Å². The van der Waals surface area contributed by atoms with Crippen molar-refractivity contribution in [3.05, 3.63) is 53.6 Å². The molecule has 0 radical (unpaired) electrons. The van der Waals surface area contributed by atoms with Crippen LogP contribution in [0.2, 0.25) is 0 Å². The predicted molar refractivity (Wildman–Crippen MR) is 95.5 cm³/mol. The average molecular weight is 363 g/mol. The van der Waals surface area contributed by atoms with Crippen LogP contribution < -0.4 is 9.46 Å².